The number of nitrogens with one attached hydrogen (secondary N) is 3. The second-order valence-electron chi connectivity index (χ2n) is 5.43. The van der Waals surface area contributed by atoms with E-state index in [0.29, 0.717) is 12.4 Å². The summed E-state index contributed by atoms with van der Waals surface area (Å²) in [6.45, 7) is 4.59. The van der Waals surface area contributed by atoms with Crippen molar-refractivity contribution < 1.29 is 14.5 Å². The predicted octanol–water partition coefficient (Wildman–Crippen LogP) is 3.42. The van der Waals surface area contributed by atoms with Gasteiger partial charge in [0.1, 0.15) is 5.75 Å². The second kappa shape index (κ2) is 7.40. The van der Waals surface area contributed by atoms with Gasteiger partial charge in [-0.3, -0.25) is 4.79 Å². The second-order valence-corrected chi connectivity index (χ2v) is 6.41. The van der Waals surface area contributed by atoms with E-state index in [0.717, 1.165) is 33.2 Å². The van der Waals surface area contributed by atoms with E-state index >= 15 is 0 Å². The van der Waals surface area contributed by atoms with Crippen molar-refractivity contribution in [2.45, 2.75) is 19.0 Å². The fourth-order valence-corrected chi connectivity index (χ4v) is 3.11. The molecule has 0 aliphatic carbocycles. The smallest absolute Gasteiger partial charge is 0.315 e. The van der Waals surface area contributed by atoms with Crippen molar-refractivity contribution in [3.8, 4) is 5.75 Å². The maximum absolute atomic E-state index is 12.1. The highest BCUT2D eigenvalue weighted by Crippen LogP contribution is 2.20. The minimum Gasteiger partial charge on any atom is -0.494 e. The minimum atomic E-state index is -0.0346. The number of aromatic nitrogens is 2. The van der Waals surface area contributed by atoms with Crippen molar-refractivity contribution in [1.82, 2.24) is 4.98 Å². The van der Waals surface area contributed by atoms with Crippen LogP contribution in [-0.4, -0.2) is 23.3 Å². The number of hydrogen-bond acceptors (Lipinski definition) is 3. The molecule has 0 aliphatic rings. The summed E-state index contributed by atoms with van der Waals surface area (Å²) < 4.78 is 5.49. The summed E-state index contributed by atoms with van der Waals surface area (Å²) in [5, 5.41) is 3.75. The molecule has 124 valence electrons. The quantitative estimate of drug-likeness (QED) is 0.675. The molecule has 0 saturated carbocycles. The number of anilines is 1. The third kappa shape index (κ3) is 4.08. The van der Waals surface area contributed by atoms with Crippen molar-refractivity contribution in [1.29, 1.82) is 0 Å². The zero-order valence-electron chi connectivity index (χ0n) is 13.7. The molecule has 0 unspecified atom stereocenters. The zero-order chi connectivity index (χ0) is 16.9. The standard InChI is InChI=1S/C18H19N3O2S/c1-3-23-14-7-8-15-16(10-14)21-18(20-15)24-11-17(22)19-13-6-4-5-12(2)9-13/h4-10H,3,11H2,1-2H3,(H,19,22)(H,20,21)/p+1. The number of ether oxygens (including phenoxy) is 1. The average Bonchev–Trinajstić information content (AvgIpc) is 2.95. The van der Waals surface area contributed by atoms with Crippen LogP contribution >= 0.6 is 11.8 Å². The van der Waals surface area contributed by atoms with Gasteiger partial charge in [-0.05, 0) is 55.4 Å². The Morgan fingerprint density at radius 2 is 2.17 bits per heavy atom. The Hall–Kier alpha value is -2.47. The van der Waals surface area contributed by atoms with Crippen LogP contribution in [0, 0.1) is 6.92 Å². The van der Waals surface area contributed by atoms with E-state index in [1.165, 1.54) is 11.8 Å². The number of H-pyrrole nitrogens is 2. The summed E-state index contributed by atoms with van der Waals surface area (Å²) in [5.74, 6) is 1.12. The highest BCUT2D eigenvalue weighted by atomic mass is 32.2. The Bertz CT molecular complexity index is 860. The molecule has 6 heteroatoms. The largest absolute Gasteiger partial charge is 0.494 e. The van der Waals surface area contributed by atoms with Crippen LogP contribution in [0.3, 0.4) is 0 Å². The van der Waals surface area contributed by atoms with Gasteiger partial charge in [-0.15, -0.1) is 0 Å². The summed E-state index contributed by atoms with van der Waals surface area (Å²) >= 11 is 1.43. The Kier molecular flexibility index (Phi) is 5.05. The maximum Gasteiger partial charge on any atom is 0.315 e. The van der Waals surface area contributed by atoms with Crippen LogP contribution in [0.25, 0.3) is 11.0 Å². The number of imidazole rings is 1. The molecule has 0 fully saturated rings. The Morgan fingerprint density at radius 1 is 1.29 bits per heavy atom. The molecule has 3 N–H and O–H groups in total. The van der Waals surface area contributed by atoms with Crippen LogP contribution in [0.1, 0.15) is 12.5 Å². The minimum absolute atomic E-state index is 0.0346. The molecule has 0 spiro atoms. The Morgan fingerprint density at radius 3 is 2.96 bits per heavy atom. The summed E-state index contributed by atoms with van der Waals surface area (Å²) in [7, 11) is 0. The number of thioether (sulfide) groups is 1. The third-order valence-electron chi connectivity index (χ3n) is 3.45. The molecule has 0 saturated heterocycles. The van der Waals surface area contributed by atoms with Crippen LogP contribution < -0.4 is 15.0 Å². The summed E-state index contributed by atoms with van der Waals surface area (Å²) in [5.41, 5.74) is 3.89. The van der Waals surface area contributed by atoms with Crippen molar-refractivity contribution in [3.63, 3.8) is 0 Å². The third-order valence-corrected chi connectivity index (χ3v) is 4.35. The molecule has 3 aromatic rings. The first kappa shape index (κ1) is 16.4. The summed E-state index contributed by atoms with van der Waals surface area (Å²) in [4.78, 5) is 18.6. The van der Waals surface area contributed by atoms with Crippen LogP contribution in [0.4, 0.5) is 5.69 Å². The maximum atomic E-state index is 12.1. The van der Waals surface area contributed by atoms with Gasteiger partial charge in [0.2, 0.25) is 5.91 Å². The number of carbonyl (C=O) groups is 1. The van der Waals surface area contributed by atoms with Crippen LogP contribution in [0.2, 0.25) is 0 Å². The molecule has 0 atom stereocenters. The van der Waals surface area contributed by atoms with E-state index in [9.17, 15) is 4.79 Å². The van der Waals surface area contributed by atoms with E-state index < -0.39 is 0 Å². The first-order chi connectivity index (χ1) is 11.6. The first-order valence-corrected chi connectivity index (χ1v) is 8.80. The molecule has 0 radical (unpaired) electrons. The lowest BCUT2D eigenvalue weighted by molar-refractivity contribution is -0.396. The van der Waals surface area contributed by atoms with Crippen LogP contribution in [0.5, 0.6) is 5.75 Å². The number of benzene rings is 2. The van der Waals surface area contributed by atoms with E-state index in [1.54, 1.807) is 0 Å². The average molecular weight is 342 g/mol. The van der Waals surface area contributed by atoms with Gasteiger partial charge in [-0.1, -0.05) is 12.1 Å². The lowest BCUT2D eigenvalue weighted by Gasteiger charge is -2.04. The molecule has 1 heterocycles. The topological polar surface area (TPSA) is 68.3 Å². The molecule has 2 aromatic carbocycles. The number of rotatable bonds is 6. The van der Waals surface area contributed by atoms with Gasteiger partial charge in [0.25, 0.3) is 0 Å². The highest BCUT2D eigenvalue weighted by molar-refractivity contribution is 7.99. The number of aryl methyl sites for hydroxylation is 1. The highest BCUT2D eigenvalue weighted by Gasteiger charge is 2.13. The first-order valence-electron chi connectivity index (χ1n) is 7.81. The number of aromatic amines is 2. The molecular formula is C18H20N3O2S+. The summed E-state index contributed by atoms with van der Waals surface area (Å²) in [6, 6.07) is 13.6. The van der Waals surface area contributed by atoms with Crippen molar-refractivity contribution in [2.24, 2.45) is 0 Å². The van der Waals surface area contributed by atoms with E-state index in [4.69, 9.17) is 4.74 Å². The Balaban J connectivity index is 1.61. The predicted molar refractivity (Wildman–Crippen MR) is 96.6 cm³/mol. The van der Waals surface area contributed by atoms with Crippen molar-refractivity contribution in [3.05, 3.63) is 48.0 Å². The molecule has 3 rings (SSSR count). The van der Waals surface area contributed by atoms with Gasteiger partial charge in [-0.25, -0.2) is 9.97 Å². The fourth-order valence-electron chi connectivity index (χ4n) is 2.40. The molecule has 1 aromatic heterocycles. The van der Waals surface area contributed by atoms with E-state index in [-0.39, 0.29) is 5.91 Å². The van der Waals surface area contributed by atoms with E-state index in [2.05, 4.69) is 15.3 Å². The van der Waals surface area contributed by atoms with Gasteiger partial charge >= 0.3 is 5.16 Å². The van der Waals surface area contributed by atoms with Crippen LogP contribution in [0.15, 0.2) is 47.6 Å². The number of fused-ring (bicyclic) bond motifs is 1. The molecule has 0 aliphatic heterocycles. The molecule has 24 heavy (non-hydrogen) atoms. The zero-order valence-corrected chi connectivity index (χ0v) is 14.5. The van der Waals surface area contributed by atoms with E-state index in [1.807, 2.05) is 56.3 Å². The van der Waals surface area contributed by atoms with Gasteiger partial charge in [0.05, 0.1) is 12.4 Å². The lowest BCUT2D eigenvalue weighted by Crippen LogP contribution is -2.15. The molecule has 1 amide bonds. The van der Waals surface area contributed by atoms with Gasteiger partial charge in [-0.2, -0.15) is 0 Å². The number of hydrogen-bond donors (Lipinski definition) is 2. The Labute approximate surface area is 144 Å². The molecule has 0 bridgehead atoms. The van der Waals surface area contributed by atoms with Gasteiger partial charge in [0.15, 0.2) is 11.0 Å². The van der Waals surface area contributed by atoms with Crippen molar-refractivity contribution >= 4 is 34.4 Å². The normalized spacial score (nSPS) is 10.8. The SMILES string of the molecule is CCOc1ccc2[nH+]c(SCC(=O)Nc3cccc(C)c3)[nH]c2c1. The molecular weight excluding hydrogens is 322 g/mol. The van der Waals surface area contributed by atoms with Gasteiger partial charge in [0, 0.05) is 11.8 Å². The van der Waals surface area contributed by atoms with Crippen LogP contribution in [-0.2, 0) is 4.79 Å². The lowest BCUT2D eigenvalue weighted by atomic mass is 10.2. The number of amides is 1. The summed E-state index contributed by atoms with van der Waals surface area (Å²) in [6.07, 6.45) is 0. The van der Waals surface area contributed by atoms with Crippen molar-refractivity contribution in [2.75, 3.05) is 17.7 Å². The molecule has 5 nitrogen and oxygen atoms in total. The number of carbonyl (C=O) groups excluding carboxylic acids is 1. The fraction of sp³-hybridized carbons (Fsp3) is 0.222. The van der Waals surface area contributed by atoms with Gasteiger partial charge < -0.3 is 10.1 Å². The monoisotopic (exact) mass is 342 g/mol.